The van der Waals surface area contributed by atoms with Crippen LogP contribution in [0.2, 0.25) is 0 Å². The molecule has 0 unspecified atom stereocenters. The topological polar surface area (TPSA) is 30.7 Å². The Morgan fingerprint density at radius 3 is 1.49 bits per heavy atom. The molecule has 0 amide bonds. The molecule has 0 radical (unpaired) electrons. The lowest BCUT2D eigenvalue weighted by molar-refractivity contribution is 1.18. The average molecular weight is 624 g/mol. The summed E-state index contributed by atoms with van der Waals surface area (Å²) in [5, 5.41) is 7.09. The highest BCUT2D eigenvalue weighted by atomic mass is 15.0. The Labute approximate surface area is 283 Å². The predicted octanol–water partition coefficient (Wildman–Crippen LogP) is 12.0. The van der Waals surface area contributed by atoms with Gasteiger partial charge in [-0.2, -0.15) is 0 Å². The highest BCUT2D eigenvalue weighted by molar-refractivity contribution is 6.23. The van der Waals surface area contributed by atoms with Gasteiger partial charge in [-0.3, -0.25) is 9.97 Å². The highest BCUT2D eigenvalue weighted by Crippen LogP contribution is 2.41. The van der Waals surface area contributed by atoms with Gasteiger partial charge in [-0.05, 0) is 86.6 Å². The van der Waals surface area contributed by atoms with Gasteiger partial charge in [0.15, 0.2) is 0 Å². The van der Waals surface area contributed by atoms with E-state index in [0.29, 0.717) is 0 Å². The maximum atomic E-state index is 4.77. The molecule has 0 saturated heterocycles. The molecule has 10 aromatic rings. The van der Waals surface area contributed by atoms with Crippen LogP contribution in [0, 0.1) is 0 Å². The quantitative estimate of drug-likeness (QED) is 0.183. The van der Waals surface area contributed by atoms with Gasteiger partial charge in [-0.1, -0.05) is 121 Å². The molecule has 3 nitrogen and oxygen atoms in total. The summed E-state index contributed by atoms with van der Waals surface area (Å²) in [6.45, 7) is 0. The molecule has 10 rings (SSSR count). The molecule has 2 heterocycles. The summed E-state index contributed by atoms with van der Waals surface area (Å²) < 4.78 is 2.39. The lowest BCUT2D eigenvalue weighted by Gasteiger charge is -2.14. The summed E-state index contributed by atoms with van der Waals surface area (Å²) in [6.07, 6.45) is 3.56. The van der Waals surface area contributed by atoms with E-state index in [9.17, 15) is 0 Å². The van der Waals surface area contributed by atoms with E-state index in [1.165, 1.54) is 66.0 Å². The van der Waals surface area contributed by atoms with E-state index in [2.05, 4.69) is 168 Å². The van der Waals surface area contributed by atoms with Crippen molar-refractivity contribution in [2.24, 2.45) is 0 Å². The van der Waals surface area contributed by atoms with Gasteiger partial charge in [0, 0.05) is 39.6 Å². The second-order valence-electron chi connectivity index (χ2n) is 12.6. The summed E-state index contributed by atoms with van der Waals surface area (Å²) in [5.41, 5.74) is 12.6. The molecule has 0 aliphatic heterocycles. The Morgan fingerprint density at radius 1 is 0.327 bits per heavy atom. The minimum Gasteiger partial charge on any atom is -0.309 e. The Bertz CT molecular complexity index is 2830. The molecule has 0 aliphatic rings. The molecule has 3 heteroatoms. The van der Waals surface area contributed by atoms with Gasteiger partial charge in [0.2, 0.25) is 0 Å². The van der Waals surface area contributed by atoms with Crippen molar-refractivity contribution < 1.29 is 0 Å². The van der Waals surface area contributed by atoms with E-state index in [1.807, 2.05) is 0 Å². The van der Waals surface area contributed by atoms with Crippen LogP contribution in [0.4, 0.5) is 0 Å². The first-order valence-corrected chi connectivity index (χ1v) is 16.7. The van der Waals surface area contributed by atoms with Crippen molar-refractivity contribution in [2.75, 3.05) is 0 Å². The van der Waals surface area contributed by atoms with Gasteiger partial charge in [0.25, 0.3) is 0 Å². The monoisotopic (exact) mass is 623 g/mol. The number of nitrogens with zero attached hydrogens (tertiary/aromatic N) is 3. The normalized spacial score (nSPS) is 11.7. The van der Waals surface area contributed by atoms with Gasteiger partial charge in [-0.15, -0.1) is 0 Å². The molecular weight excluding hydrogens is 595 g/mol. The summed E-state index contributed by atoms with van der Waals surface area (Å²) in [5.74, 6) is 0. The third kappa shape index (κ3) is 4.37. The average Bonchev–Trinajstić information content (AvgIpc) is 3.51. The highest BCUT2D eigenvalue weighted by Gasteiger charge is 2.17. The third-order valence-electron chi connectivity index (χ3n) is 9.88. The number of fused-ring (bicyclic) bond motifs is 9. The minimum atomic E-state index is 0.936. The molecule has 49 heavy (non-hydrogen) atoms. The van der Waals surface area contributed by atoms with Crippen molar-refractivity contribution in [2.45, 2.75) is 0 Å². The fourth-order valence-electron chi connectivity index (χ4n) is 7.64. The van der Waals surface area contributed by atoms with E-state index in [-0.39, 0.29) is 0 Å². The lowest BCUT2D eigenvalue weighted by Crippen LogP contribution is -1.93. The van der Waals surface area contributed by atoms with Crippen LogP contribution in [0.15, 0.2) is 176 Å². The Kier molecular flexibility index (Phi) is 6.18. The zero-order valence-corrected chi connectivity index (χ0v) is 26.6. The largest absolute Gasteiger partial charge is 0.309 e. The van der Waals surface area contributed by atoms with Crippen molar-refractivity contribution in [1.29, 1.82) is 0 Å². The van der Waals surface area contributed by atoms with Crippen molar-refractivity contribution in [1.82, 2.24) is 14.5 Å². The van der Waals surface area contributed by atoms with Crippen LogP contribution in [0.25, 0.3) is 93.5 Å². The van der Waals surface area contributed by atoms with Crippen LogP contribution < -0.4 is 0 Å². The Hall–Kier alpha value is -6.58. The zero-order chi connectivity index (χ0) is 32.3. The molecule has 2 aromatic heterocycles. The van der Waals surface area contributed by atoms with E-state index in [1.54, 1.807) is 12.4 Å². The molecule has 0 N–H and O–H groups in total. The van der Waals surface area contributed by atoms with Crippen LogP contribution in [-0.2, 0) is 0 Å². The van der Waals surface area contributed by atoms with Crippen LogP contribution in [-0.4, -0.2) is 14.5 Å². The van der Waals surface area contributed by atoms with Crippen molar-refractivity contribution >= 4 is 54.4 Å². The maximum Gasteiger partial charge on any atom is 0.0971 e. The summed E-state index contributed by atoms with van der Waals surface area (Å²) >= 11 is 0. The Morgan fingerprint density at radius 2 is 0.816 bits per heavy atom. The number of hydrogen-bond donors (Lipinski definition) is 0. The summed E-state index contributed by atoms with van der Waals surface area (Å²) in [7, 11) is 0. The van der Waals surface area contributed by atoms with Gasteiger partial charge < -0.3 is 4.57 Å². The van der Waals surface area contributed by atoms with Crippen molar-refractivity contribution in [3.8, 4) is 39.1 Å². The molecule has 0 spiro atoms. The number of rotatable bonds is 4. The fraction of sp³-hybridized carbons (Fsp3) is 0. The summed E-state index contributed by atoms with van der Waals surface area (Å²) in [6, 6.07) is 59.2. The number of para-hydroxylation sites is 1. The third-order valence-corrected chi connectivity index (χ3v) is 9.88. The smallest absolute Gasteiger partial charge is 0.0971 e. The maximum absolute atomic E-state index is 4.77. The molecule has 0 fully saturated rings. The molecule has 0 atom stereocenters. The van der Waals surface area contributed by atoms with E-state index >= 15 is 0 Å². The minimum absolute atomic E-state index is 0.936. The first-order valence-electron chi connectivity index (χ1n) is 16.7. The number of hydrogen-bond acceptors (Lipinski definition) is 2. The van der Waals surface area contributed by atoms with Crippen LogP contribution in [0.1, 0.15) is 0 Å². The second-order valence-corrected chi connectivity index (χ2v) is 12.6. The first-order chi connectivity index (χ1) is 24.3. The summed E-state index contributed by atoms with van der Waals surface area (Å²) in [4.78, 5) is 9.49. The fourth-order valence-corrected chi connectivity index (χ4v) is 7.64. The van der Waals surface area contributed by atoms with Gasteiger partial charge >= 0.3 is 0 Å². The van der Waals surface area contributed by atoms with E-state index < -0.39 is 0 Å². The van der Waals surface area contributed by atoms with Gasteiger partial charge in [-0.25, -0.2) is 0 Å². The predicted molar refractivity (Wildman–Crippen MR) is 205 cm³/mol. The molecule has 0 bridgehead atoms. The van der Waals surface area contributed by atoms with Crippen LogP contribution >= 0.6 is 0 Å². The molecule has 8 aromatic carbocycles. The van der Waals surface area contributed by atoms with Crippen LogP contribution in [0.3, 0.4) is 0 Å². The first kappa shape index (κ1) is 27.5. The SMILES string of the molecule is c1ccc(-c2ccc3c(c2)c2cc(-c4ccccc4-c4ccc5c(c4)c4ccccc4c4nccnc54)ccc2n3-c2ccccc2)cc1. The Balaban J connectivity index is 1.20. The molecular formula is C46H29N3. The van der Waals surface area contributed by atoms with Crippen molar-refractivity contribution in [3.63, 3.8) is 0 Å². The standard InChI is InChI=1S/C46H29N3/c1-3-11-30(12-4-1)31-20-23-43-41(27-31)42-29-33(21-24-44(42)49(43)34-13-5-2-6-14-34)36-16-8-7-15-35(36)32-19-22-39-40(28-32)37-17-9-10-18-38(37)45-46(39)48-26-25-47-45/h1-29H. The molecule has 228 valence electrons. The zero-order valence-electron chi connectivity index (χ0n) is 26.6. The lowest BCUT2D eigenvalue weighted by atomic mass is 9.91. The van der Waals surface area contributed by atoms with Crippen LogP contribution in [0.5, 0.6) is 0 Å². The molecule has 0 aliphatic carbocycles. The number of aromatic nitrogens is 3. The van der Waals surface area contributed by atoms with E-state index in [0.717, 1.165) is 27.5 Å². The molecule has 0 saturated carbocycles. The number of benzene rings is 8. The second kappa shape index (κ2) is 11.0. The van der Waals surface area contributed by atoms with Gasteiger partial charge in [0.05, 0.1) is 22.1 Å². The van der Waals surface area contributed by atoms with E-state index in [4.69, 9.17) is 9.97 Å². The van der Waals surface area contributed by atoms with Gasteiger partial charge in [0.1, 0.15) is 0 Å². The van der Waals surface area contributed by atoms with Crippen molar-refractivity contribution in [3.05, 3.63) is 176 Å².